The van der Waals surface area contributed by atoms with E-state index in [2.05, 4.69) is 235 Å². The molecule has 12 rings (SSSR count). The number of furan rings is 1. The number of hydrogen-bond acceptors (Lipinski definition) is 2. The number of nitrogens with zero attached hydrogens (tertiary/aromatic N) is 1. The Labute approximate surface area is 372 Å². The Kier molecular flexibility index (Phi) is 9.20. The van der Waals surface area contributed by atoms with E-state index in [1.807, 2.05) is 18.2 Å². The van der Waals surface area contributed by atoms with Crippen LogP contribution in [0.5, 0.6) is 0 Å². The minimum Gasteiger partial charge on any atom is -0.456 e. The summed E-state index contributed by atoms with van der Waals surface area (Å²) in [5.41, 5.74) is 14.7. The molecular formula is C62H41NO. The lowest BCUT2D eigenvalue weighted by Crippen LogP contribution is -2.09. The lowest BCUT2D eigenvalue weighted by Gasteiger charge is -2.26. The molecule has 12 aromatic rings. The average Bonchev–Trinajstić information content (AvgIpc) is 3.82. The van der Waals surface area contributed by atoms with E-state index in [1.165, 1.54) is 60.1 Å². The Morgan fingerprint density at radius 2 is 0.656 bits per heavy atom. The van der Waals surface area contributed by atoms with Crippen molar-refractivity contribution in [1.82, 2.24) is 0 Å². The fourth-order valence-electron chi connectivity index (χ4n) is 9.25. The number of rotatable bonds is 8. The van der Waals surface area contributed by atoms with E-state index >= 15 is 0 Å². The summed E-state index contributed by atoms with van der Waals surface area (Å²) in [6, 6.07) is 89.7. The van der Waals surface area contributed by atoms with Gasteiger partial charge in [0.1, 0.15) is 11.3 Å². The molecule has 0 atom stereocenters. The van der Waals surface area contributed by atoms with Crippen molar-refractivity contribution in [2.75, 3.05) is 4.90 Å². The van der Waals surface area contributed by atoms with Gasteiger partial charge in [0.2, 0.25) is 0 Å². The fraction of sp³-hybridized carbons (Fsp3) is 0. The molecule has 2 heteroatoms. The van der Waals surface area contributed by atoms with E-state index in [-0.39, 0.29) is 0 Å². The van der Waals surface area contributed by atoms with E-state index in [9.17, 15) is 0 Å². The van der Waals surface area contributed by atoms with Gasteiger partial charge >= 0.3 is 0 Å². The molecule has 300 valence electrons. The minimum atomic E-state index is 0.879. The molecule has 0 radical (unpaired) electrons. The third-order valence-electron chi connectivity index (χ3n) is 12.7. The second-order valence-electron chi connectivity index (χ2n) is 16.6. The van der Waals surface area contributed by atoms with Crippen LogP contribution in [0.1, 0.15) is 0 Å². The zero-order valence-corrected chi connectivity index (χ0v) is 35.0. The summed E-state index contributed by atoms with van der Waals surface area (Å²) in [4.78, 5) is 2.35. The van der Waals surface area contributed by atoms with Gasteiger partial charge in [0.25, 0.3) is 0 Å². The molecule has 0 spiro atoms. The highest BCUT2D eigenvalue weighted by Crippen LogP contribution is 2.39. The van der Waals surface area contributed by atoms with E-state index in [1.54, 1.807) is 0 Å². The molecule has 0 bridgehead atoms. The Hall–Kier alpha value is -8.46. The first-order chi connectivity index (χ1) is 31.7. The van der Waals surface area contributed by atoms with Crippen LogP contribution in [0.25, 0.3) is 99.1 Å². The Bertz CT molecular complexity index is 3600. The van der Waals surface area contributed by atoms with Gasteiger partial charge in [-0.25, -0.2) is 0 Å². The van der Waals surface area contributed by atoms with Crippen LogP contribution < -0.4 is 4.90 Å². The average molecular weight is 816 g/mol. The lowest BCUT2D eigenvalue weighted by atomic mass is 9.97. The van der Waals surface area contributed by atoms with Gasteiger partial charge in [0, 0.05) is 28.0 Å². The maximum absolute atomic E-state index is 6.18. The second-order valence-corrected chi connectivity index (χ2v) is 16.6. The summed E-state index contributed by atoms with van der Waals surface area (Å²) in [7, 11) is 0. The van der Waals surface area contributed by atoms with Crippen LogP contribution >= 0.6 is 0 Å². The number of anilines is 3. The van der Waals surface area contributed by atoms with Crippen molar-refractivity contribution < 1.29 is 4.42 Å². The molecule has 1 aromatic heterocycles. The molecule has 0 unspecified atom stereocenters. The second kappa shape index (κ2) is 15.8. The SMILES string of the molecule is c1cc(-c2ccc(-c3ccc(N(c4ccc(-c5ccc6ccccc6c5)cc4)c4ccc(-c5ccc6c(ccc7ccccc76)c5)cc4)cc3)cc2)cc(-c2cc3ccccc3o2)c1. The number of benzene rings is 11. The predicted octanol–water partition coefficient (Wildman–Crippen LogP) is 17.7. The number of fused-ring (bicyclic) bond motifs is 5. The Balaban J connectivity index is 0.854. The summed E-state index contributed by atoms with van der Waals surface area (Å²) in [6.45, 7) is 0. The quantitative estimate of drug-likeness (QED) is 0.142. The zero-order valence-electron chi connectivity index (χ0n) is 35.0. The van der Waals surface area contributed by atoms with Crippen molar-refractivity contribution in [2.24, 2.45) is 0 Å². The van der Waals surface area contributed by atoms with Crippen LogP contribution in [0.3, 0.4) is 0 Å². The molecule has 0 saturated carbocycles. The van der Waals surface area contributed by atoms with Crippen molar-refractivity contribution >= 4 is 60.3 Å². The van der Waals surface area contributed by atoms with Crippen LogP contribution in [0.2, 0.25) is 0 Å². The van der Waals surface area contributed by atoms with Crippen molar-refractivity contribution in [3.63, 3.8) is 0 Å². The molecule has 1 heterocycles. The van der Waals surface area contributed by atoms with Crippen LogP contribution in [-0.2, 0) is 0 Å². The van der Waals surface area contributed by atoms with Crippen LogP contribution in [0.4, 0.5) is 17.1 Å². The van der Waals surface area contributed by atoms with E-state index < -0.39 is 0 Å². The van der Waals surface area contributed by atoms with Gasteiger partial charge in [-0.1, -0.05) is 182 Å². The summed E-state index contributed by atoms with van der Waals surface area (Å²) in [5, 5.41) is 8.68. The topological polar surface area (TPSA) is 16.4 Å². The molecule has 64 heavy (non-hydrogen) atoms. The maximum Gasteiger partial charge on any atom is 0.135 e. The highest BCUT2D eigenvalue weighted by molar-refractivity contribution is 6.08. The van der Waals surface area contributed by atoms with Gasteiger partial charge in [-0.15, -0.1) is 0 Å². The molecule has 0 aliphatic heterocycles. The Morgan fingerprint density at radius 3 is 1.30 bits per heavy atom. The Morgan fingerprint density at radius 1 is 0.234 bits per heavy atom. The molecule has 0 amide bonds. The summed E-state index contributed by atoms with van der Waals surface area (Å²) >= 11 is 0. The van der Waals surface area contributed by atoms with E-state index in [0.717, 1.165) is 56.0 Å². The van der Waals surface area contributed by atoms with Gasteiger partial charge in [-0.2, -0.15) is 0 Å². The van der Waals surface area contributed by atoms with Gasteiger partial charge in [-0.3, -0.25) is 0 Å². The summed E-state index contributed by atoms with van der Waals surface area (Å²) in [6.07, 6.45) is 0. The predicted molar refractivity (Wildman–Crippen MR) is 271 cm³/mol. The van der Waals surface area contributed by atoms with Gasteiger partial charge in [-0.05, 0) is 144 Å². The van der Waals surface area contributed by atoms with E-state index in [4.69, 9.17) is 4.42 Å². The van der Waals surface area contributed by atoms with Crippen molar-refractivity contribution in [3.8, 4) is 55.8 Å². The summed E-state index contributed by atoms with van der Waals surface area (Å²) < 4.78 is 6.18. The van der Waals surface area contributed by atoms with Crippen molar-refractivity contribution in [1.29, 1.82) is 0 Å². The monoisotopic (exact) mass is 815 g/mol. The normalized spacial score (nSPS) is 11.4. The third-order valence-corrected chi connectivity index (χ3v) is 12.7. The lowest BCUT2D eigenvalue weighted by molar-refractivity contribution is 0.631. The largest absolute Gasteiger partial charge is 0.456 e. The third kappa shape index (κ3) is 6.98. The molecule has 0 saturated heterocycles. The first kappa shape index (κ1) is 37.3. The highest BCUT2D eigenvalue weighted by atomic mass is 16.3. The molecule has 0 aliphatic rings. The first-order valence-corrected chi connectivity index (χ1v) is 21.9. The van der Waals surface area contributed by atoms with Gasteiger partial charge in [0.15, 0.2) is 0 Å². The molecular weight excluding hydrogens is 775 g/mol. The number of para-hydroxylation sites is 1. The fourth-order valence-corrected chi connectivity index (χ4v) is 9.25. The molecule has 0 fully saturated rings. The molecule has 0 N–H and O–H groups in total. The van der Waals surface area contributed by atoms with Crippen LogP contribution in [0, 0.1) is 0 Å². The first-order valence-electron chi connectivity index (χ1n) is 21.9. The standard InChI is InChI=1S/C62H41NO/c1-2-10-49-38-51(22-20-42(49)8-1)46-26-33-57(34-27-46)63(58-35-28-47(29-36-58)52-30-37-60-53(39-52)23-21-48-9-3-5-14-59(48)60)56-31-24-44(25-32-56)43-16-18-45(19-17-43)50-12-7-13-54(40-50)62-41-55-11-4-6-15-61(55)64-62/h1-41H. The summed E-state index contributed by atoms with van der Waals surface area (Å²) in [5.74, 6) is 0.879. The number of hydrogen-bond donors (Lipinski definition) is 0. The van der Waals surface area contributed by atoms with Gasteiger partial charge < -0.3 is 9.32 Å². The van der Waals surface area contributed by atoms with Crippen molar-refractivity contribution in [3.05, 3.63) is 249 Å². The molecule has 11 aromatic carbocycles. The van der Waals surface area contributed by atoms with E-state index in [0.29, 0.717) is 0 Å². The maximum atomic E-state index is 6.18. The minimum absolute atomic E-state index is 0.879. The van der Waals surface area contributed by atoms with Crippen molar-refractivity contribution in [2.45, 2.75) is 0 Å². The molecule has 0 aliphatic carbocycles. The van der Waals surface area contributed by atoms with Crippen LogP contribution in [-0.4, -0.2) is 0 Å². The molecule has 2 nitrogen and oxygen atoms in total. The smallest absolute Gasteiger partial charge is 0.135 e. The highest BCUT2D eigenvalue weighted by Gasteiger charge is 2.15. The van der Waals surface area contributed by atoms with Crippen LogP contribution in [0.15, 0.2) is 253 Å². The zero-order chi connectivity index (χ0) is 42.4. The van der Waals surface area contributed by atoms with Gasteiger partial charge in [0.05, 0.1) is 0 Å².